The first-order valence-corrected chi connectivity index (χ1v) is 12.9. The minimum absolute atomic E-state index is 0.163. The second-order valence-corrected chi connectivity index (χ2v) is 10.5. The summed E-state index contributed by atoms with van der Waals surface area (Å²) in [6.45, 7) is 1.83. The number of hydrogen-bond acceptors (Lipinski definition) is 6. The number of carbonyl (C=O) groups is 1. The van der Waals surface area contributed by atoms with Crippen LogP contribution < -0.4 is 9.62 Å². The first-order valence-electron chi connectivity index (χ1n) is 10.2. The maximum absolute atomic E-state index is 14.1. The van der Waals surface area contributed by atoms with E-state index in [9.17, 15) is 17.6 Å². The number of aromatic nitrogens is 2. The van der Waals surface area contributed by atoms with Gasteiger partial charge >= 0.3 is 0 Å². The molecule has 0 aliphatic heterocycles. The fraction of sp³-hybridized carbons (Fsp3) is 0.125. The minimum atomic E-state index is -3.69. The van der Waals surface area contributed by atoms with Gasteiger partial charge in [0.25, 0.3) is 5.91 Å². The Hall–Kier alpha value is -3.63. The van der Waals surface area contributed by atoms with Crippen molar-refractivity contribution in [1.29, 1.82) is 0 Å². The number of benzene rings is 3. The van der Waals surface area contributed by atoms with Gasteiger partial charge in [0.15, 0.2) is 0 Å². The molecule has 3 aromatic carbocycles. The van der Waals surface area contributed by atoms with Crippen LogP contribution in [0.4, 0.5) is 15.2 Å². The molecule has 0 saturated heterocycles. The molecule has 10 heteroatoms. The van der Waals surface area contributed by atoms with Crippen molar-refractivity contribution in [2.45, 2.75) is 13.5 Å². The predicted molar refractivity (Wildman–Crippen MR) is 132 cm³/mol. The Bertz CT molecular complexity index is 1420. The number of anilines is 2. The highest BCUT2D eigenvalue weighted by atomic mass is 32.2. The van der Waals surface area contributed by atoms with Gasteiger partial charge in [-0.05, 0) is 37.3 Å². The Morgan fingerprint density at radius 3 is 2.32 bits per heavy atom. The van der Waals surface area contributed by atoms with Crippen LogP contribution in [-0.2, 0) is 16.6 Å². The Morgan fingerprint density at radius 1 is 1.00 bits per heavy atom. The van der Waals surface area contributed by atoms with Gasteiger partial charge < -0.3 is 0 Å². The molecule has 0 aliphatic rings. The molecule has 0 spiro atoms. The van der Waals surface area contributed by atoms with Gasteiger partial charge in [-0.15, -0.1) is 10.2 Å². The van der Waals surface area contributed by atoms with Crippen LogP contribution in [0.2, 0.25) is 0 Å². The van der Waals surface area contributed by atoms with Crippen LogP contribution in [0.1, 0.15) is 21.5 Å². The van der Waals surface area contributed by atoms with Crippen LogP contribution in [0.3, 0.4) is 0 Å². The molecule has 0 atom stereocenters. The van der Waals surface area contributed by atoms with E-state index >= 15 is 0 Å². The largest absolute Gasteiger partial charge is 0.296 e. The lowest BCUT2D eigenvalue weighted by atomic mass is 10.1. The van der Waals surface area contributed by atoms with Crippen LogP contribution in [0, 0.1) is 12.7 Å². The third-order valence-corrected chi connectivity index (χ3v) is 7.06. The molecule has 0 aliphatic carbocycles. The maximum Gasteiger partial charge on any atom is 0.257 e. The summed E-state index contributed by atoms with van der Waals surface area (Å²) in [5.41, 5.74) is 2.92. The summed E-state index contributed by atoms with van der Waals surface area (Å²) in [5.74, 6) is -0.896. The van der Waals surface area contributed by atoms with E-state index in [1.165, 1.54) is 47.7 Å². The zero-order chi connectivity index (χ0) is 24.3. The average Bonchev–Trinajstić information content (AvgIpc) is 3.27. The summed E-state index contributed by atoms with van der Waals surface area (Å²) >= 11 is 1.25. The second kappa shape index (κ2) is 9.70. The number of amides is 1. The highest BCUT2D eigenvalue weighted by molar-refractivity contribution is 7.92. The topological polar surface area (TPSA) is 92.3 Å². The quantitative estimate of drug-likeness (QED) is 0.394. The van der Waals surface area contributed by atoms with Gasteiger partial charge in [0.05, 0.1) is 18.5 Å². The van der Waals surface area contributed by atoms with Crippen molar-refractivity contribution in [1.82, 2.24) is 10.2 Å². The van der Waals surface area contributed by atoms with Crippen molar-refractivity contribution in [2.24, 2.45) is 0 Å². The van der Waals surface area contributed by atoms with Crippen LogP contribution in [0.15, 0.2) is 72.8 Å². The van der Waals surface area contributed by atoms with Gasteiger partial charge in [0, 0.05) is 16.7 Å². The summed E-state index contributed by atoms with van der Waals surface area (Å²) in [7, 11) is -3.69. The summed E-state index contributed by atoms with van der Waals surface area (Å²) in [6, 6.07) is 19.8. The summed E-state index contributed by atoms with van der Waals surface area (Å²) in [6.07, 6.45) is 1.05. The molecule has 34 heavy (non-hydrogen) atoms. The van der Waals surface area contributed by atoms with Gasteiger partial charge in [-0.25, -0.2) is 12.8 Å². The normalized spacial score (nSPS) is 11.3. The molecule has 1 N–H and O–H groups in total. The standard InChI is InChI=1S/C24H21FN4O3S2/c1-16-7-9-18(10-8-16)23-27-28-24(33-23)26-22(30)17-11-13-20(14-12-17)29(34(2,31)32)15-19-5-3-4-6-21(19)25/h3-14H,15H2,1-2H3,(H,26,28,30). The molecule has 0 radical (unpaired) electrons. The Balaban J connectivity index is 1.49. The Morgan fingerprint density at radius 2 is 1.68 bits per heavy atom. The molecule has 0 saturated carbocycles. The third kappa shape index (κ3) is 5.46. The monoisotopic (exact) mass is 496 g/mol. The highest BCUT2D eigenvalue weighted by Gasteiger charge is 2.20. The number of nitrogens with one attached hydrogen (secondary N) is 1. The number of hydrogen-bond donors (Lipinski definition) is 1. The highest BCUT2D eigenvalue weighted by Crippen LogP contribution is 2.27. The van der Waals surface area contributed by atoms with Gasteiger partial charge in [0.1, 0.15) is 10.8 Å². The SMILES string of the molecule is Cc1ccc(-c2nnc(NC(=O)c3ccc(N(Cc4ccccc4F)S(C)(=O)=O)cc3)s2)cc1. The third-order valence-electron chi connectivity index (χ3n) is 5.03. The number of rotatable bonds is 7. The molecular weight excluding hydrogens is 475 g/mol. The van der Waals surface area contributed by atoms with Gasteiger partial charge in [-0.1, -0.05) is 59.4 Å². The molecule has 0 bridgehead atoms. The van der Waals surface area contributed by atoms with E-state index in [4.69, 9.17) is 0 Å². The molecule has 0 unspecified atom stereocenters. The van der Waals surface area contributed by atoms with Crippen molar-refractivity contribution in [3.63, 3.8) is 0 Å². The molecule has 174 valence electrons. The first-order chi connectivity index (χ1) is 16.2. The molecule has 0 fully saturated rings. The van der Waals surface area contributed by atoms with Gasteiger partial charge in [-0.2, -0.15) is 0 Å². The molecule has 1 heterocycles. The van der Waals surface area contributed by atoms with Gasteiger partial charge in [0.2, 0.25) is 15.2 Å². The zero-order valence-corrected chi connectivity index (χ0v) is 20.0. The lowest BCUT2D eigenvalue weighted by molar-refractivity contribution is 0.102. The summed E-state index contributed by atoms with van der Waals surface area (Å²) in [4.78, 5) is 12.7. The van der Waals surface area contributed by atoms with Crippen LogP contribution >= 0.6 is 11.3 Å². The van der Waals surface area contributed by atoms with E-state index in [0.717, 1.165) is 21.7 Å². The van der Waals surface area contributed by atoms with E-state index in [0.29, 0.717) is 21.4 Å². The number of aryl methyl sites for hydroxylation is 1. The Labute approximate surface area is 201 Å². The van der Waals surface area contributed by atoms with E-state index in [-0.39, 0.29) is 12.1 Å². The van der Waals surface area contributed by atoms with Crippen LogP contribution in [0.5, 0.6) is 0 Å². The average molecular weight is 497 g/mol. The molecule has 1 aromatic heterocycles. The van der Waals surface area contributed by atoms with E-state index < -0.39 is 21.7 Å². The predicted octanol–water partition coefficient (Wildman–Crippen LogP) is 4.87. The summed E-state index contributed by atoms with van der Waals surface area (Å²) < 4.78 is 39.9. The molecule has 4 aromatic rings. The second-order valence-electron chi connectivity index (χ2n) is 7.64. The minimum Gasteiger partial charge on any atom is -0.296 e. The van der Waals surface area contributed by atoms with Crippen molar-refractivity contribution < 1.29 is 17.6 Å². The van der Waals surface area contributed by atoms with Gasteiger partial charge in [-0.3, -0.25) is 14.4 Å². The fourth-order valence-corrected chi connectivity index (χ4v) is 4.84. The van der Waals surface area contributed by atoms with E-state index in [1.54, 1.807) is 12.1 Å². The number of sulfonamides is 1. The van der Waals surface area contributed by atoms with Crippen LogP contribution in [0.25, 0.3) is 10.6 Å². The lowest BCUT2D eigenvalue weighted by Gasteiger charge is -2.23. The number of halogens is 1. The van der Waals surface area contributed by atoms with Crippen molar-refractivity contribution in [3.05, 3.63) is 95.3 Å². The van der Waals surface area contributed by atoms with Crippen molar-refractivity contribution in [3.8, 4) is 10.6 Å². The van der Waals surface area contributed by atoms with E-state index in [2.05, 4.69) is 15.5 Å². The van der Waals surface area contributed by atoms with Crippen molar-refractivity contribution >= 4 is 38.1 Å². The smallest absolute Gasteiger partial charge is 0.257 e. The first kappa shape index (κ1) is 23.5. The molecular formula is C24H21FN4O3S2. The molecule has 1 amide bonds. The molecule has 4 rings (SSSR count). The Kier molecular flexibility index (Phi) is 6.71. The van der Waals surface area contributed by atoms with E-state index in [1.807, 2.05) is 31.2 Å². The van der Waals surface area contributed by atoms with Crippen LogP contribution in [-0.4, -0.2) is 30.8 Å². The molecule has 7 nitrogen and oxygen atoms in total. The number of carbonyl (C=O) groups excluding carboxylic acids is 1. The fourth-order valence-electron chi connectivity index (χ4n) is 3.22. The zero-order valence-electron chi connectivity index (χ0n) is 18.4. The maximum atomic E-state index is 14.1. The summed E-state index contributed by atoms with van der Waals surface area (Å²) in [5, 5.41) is 11.9. The van der Waals surface area contributed by atoms with Crippen molar-refractivity contribution in [2.75, 3.05) is 15.9 Å². The lowest BCUT2D eigenvalue weighted by Crippen LogP contribution is -2.29. The number of nitrogens with zero attached hydrogens (tertiary/aromatic N) is 3.